The van der Waals surface area contributed by atoms with Crippen LogP contribution in [0.25, 0.3) is 0 Å². The molecule has 25 heavy (non-hydrogen) atoms. The monoisotopic (exact) mass is 350 g/mol. The Labute approximate surface area is 148 Å². The molecule has 3 atom stereocenters. The third-order valence-corrected chi connectivity index (χ3v) is 4.90. The second-order valence-electron chi connectivity index (χ2n) is 6.97. The van der Waals surface area contributed by atoms with Crippen molar-refractivity contribution in [1.29, 1.82) is 0 Å². The molecule has 6 nitrogen and oxygen atoms in total. The molecule has 1 aliphatic rings. The molecule has 0 aromatic heterocycles. The van der Waals surface area contributed by atoms with Crippen LogP contribution in [0.2, 0.25) is 0 Å². The number of hydrogen-bond donors (Lipinski definition) is 0. The average Bonchev–Trinajstić information content (AvgIpc) is 2.59. The molecule has 1 saturated carbocycles. The lowest BCUT2D eigenvalue weighted by atomic mass is 9.79. The number of hydrogen-bond acceptors (Lipinski definition) is 6. The third kappa shape index (κ3) is 5.46. The number of benzene rings is 1. The molecule has 0 saturated heterocycles. The summed E-state index contributed by atoms with van der Waals surface area (Å²) in [6.45, 7) is 8.30. The fourth-order valence-corrected chi connectivity index (χ4v) is 2.97. The zero-order chi connectivity index (χ0) is 18.4. The first-order chi connectivity index (χ1) is 11.9. The summed E-state index contributed by atoms with van der Waals surface area (Å²) < 4.78 is 5.23. The summed E-state index contributed by atoms with van der Waals surface area (Å²) >= 11 is 0. The van der Waals surface area contributed by atoms with Crippen LogP contribution in [-0.2, 0) is 19.6 Å². The molecule has 138 valence electrons. The van der Waals surface area contributed by atoms with E-state index in [9.17, 15) is 9.59 Å². The normalized spacial score (nSPS) is 23.2. The maximum Gasteiger partial charge on any atom is 0.543 e. The third-order valence-electron chi connectivity index (χ3n) is 4.90. The van der Waals surface area contributed by atoms with Gasteiger partial charge < -0.3 is 4.74 Å². The van der Waals surface area contributed by atoms with Crippen LogP contribution in [0, 0.1) is 11.8 Å². The zero-order valence-corrected chi connectivity index (χ0v) is 15.2. The van der Waals surface area contributed by atoms with Gasteiger partial charge in [-0.2, -0.15) is 0 Å². The van der Waals surface area contributed by atoms with Gasteiger partial charge in [0.05, 0.1) is 10.6 Å². The van der Waals surface area contributed by atoms with Gasteiger partial charge in [-0.25, -0.2) is 14.5 Å². The summed E-state index contributed by atoms with van der Waals surface area (Å²) in [6, 6.07) is 6.93. The van der Waals surface area contributed by atoms with Gasteiger partial charge in [-0.05, 0) is 48.3 Å². The van der Waals surface area contributed by atoms with E-state index in [-0.39, 0.29) is 12.0 Å². The van der Waals surface area contributed by atoms with Crippen LogP contribution >= 0.6 is 0 Å². The van der Waals surface area contributed by atoms with E-state index in [2.05, 4.69) is 35.6 Å². The summed E-state index contributed by atoms with van der Waals surface area (Å²) in [4.78, 5) is 32.3. The van der Waals surface area contributed by atoms with E-state index >= 15 is 0 Å². The minimum absolute atomic E-state index is 0.209. The molecule has 6 heteroatoms. The molecule has 1 aliphatic carbocycles. The lowest BCUT2D eigenvalue weighted by Crippen LogP contribution is -2.33. The minimum atomic E-state index is -1.01. The molecule has 3 unspecified atom stereocenters. The van der Waals surface area contributed by atoms with Gasteiger partial charge in [-0.15, -0.1) is 0 Å². The van der Waals surface area contributed by atoms with E-state index in [1.165, 1.54) is 0 Å². The van der Waals surface area contributed by atoms with Crippen molar-refractivity contribution >= 4 is 12.1 Å². The molecule has 1 aromatic carbocycles. The Bertz CT molecular complexity index is 580. The number of ether oxygens (including phenoxy) is 1. The van der Waals surface area contributed by atoms with E-state index in [1.54, 1.807) is 12.1 Å². The van der Waals surface area contributed by atoms with Gasteiger partial charge in [0.2, 0.25) is 0 Å². The lowest BCUT2D eigenvalue weighted by molar-refractivity contribution is -0.453. The topological polar surface area (TPSA) is 71.1 Å². The number of carbonyl (C=O) groups excluding carboxylic acids is 2. The molecule has 0 spiro atoms. The predicted octanol–water partition coefficient (Wildman–Crippen LogP) is 4.79. The van der Waals surface area contributed by atoms with Crippen LogP contribution in [0.5, 0.6) is 0 Å². The molecule has 0 N–H and O–H groups in total. The van der Waals surface area contributed by atoms with Crippen molar-refractivity contribution in [1.82, 2.24) is 0 Å². The van der Waals surface area contributed by atoms with Gasteiger partial charge in [-0.3, -0.25) is 4.89 Å². The molecule has 2 rings (SSSR count). The van der Waals surface area contributed by atoms with Gasteiger partial charge in [0.25, 0.3) is 0 Å². The van der Waals surface area contributed by atoms with Crippen molar-refractivity contribution in [2.24, 2.45) is 11.8 Å². The van der Waals surface area contributed by atoms with Crippen molar-refractivity contribution in [2.75, 3.05) is 0 Å². The molecule has 0 bridgehead atoms. The highest BCUT2D eigenvalue weighted by Gasteiger charge is 2.30. The van der Waals surface area contributed by atoms with Crippen LogP contribution in [0.3, 0.4) is 0 Å². The Hall–Kier alpha value is -2.08. The van der Waals surface area contributed by atoms with Crippen LogP contribution in [0.15, 0.2) is 24.3 Å². The Morgan fingerprint density at radius 3 is 2.36 bits per heavy atom. The Morgan fingerprint density at radius 1 is 1.04 bits per heavy atom. The standard InChI is InChI=1S/C19H26O6/c1-12(2)15-8-10-16(11-9-15)18(20)23-25-24-19(21)22-17-7-5-6-13(3)14(17)4/h8-14,17H,5-7H2,1-4H3. The van der Waals surface area contributed by atoms with Crippen molar-refractivity contribution in [3.8, 4) is 0 Å². The first-order valence-electron chi connectivity index (χ1n) is 8.74. The van der Waals surface area contributed by atoms with Crippen molar-refractivity contribution in [3.63, 3.8) is 0 Å². The molecule has 0 aliphatic heterocycles. The fraction of sp³-hybridized carbons (Fsp3) is 0.579. The van der Waals surface area contributed by atoms with Crippen molar-refractivity contribution in [2.45, 2.75) is 59.0 Å². The van der Waals surface area contributed by atoms with E-state index in [0.717, 1.165) is 24.8 Å². The summed E-state index contributed by atoms with van der Waals surface area (Å²) in [5, 5.41) is 4.27. The summed E-state index contributed by atoms with van der Waals surface area (Å²) in [5.41, 5.74) is 1.41. The Morgan fingerprint density at radius 2 is 1.72 bits per heavy atom. The molecule has 0 heterocycles. The molecular weight excluding hydrogens is 324 g/mol. The van der Waals surface area contributed by atoms with Gasteiger partial charge in [0.1, 0.15) is 6.10 Å². The first-order valence-corrected chi connectivity index (χ1v) is 8.74. The highest BCUT2D eigenvalue weighted by atomic mass is 17.5. The highest BCUT2D eigenvalue weighted by Crippen LogP contribution is 2.31. The fourth-order valence-electron chi connectivity index (χ4n) is 2.97. The van der Waals surface area contributed by atoms with Crippen molar-refractivity contribution < 1.29 is 29.1 Å². The second kappa shape index (κ2) is 8.85. The van der Waals surface area contributed by atoms with Crippen LogP contribution < -0.4 is 0 Å². The molecule has 1 aromatic rings. The molecule has 0 radical (unpaired) electrons. The SMILES string of the molecule is CC(C)c1ccc(C(=O)OOOC(=O)OC2CCCC(C)C2C)cc1. The Kier molecular flexibility index (Phi) is 6.82. The molecule has 0 amide bonds. The average molecular weight is 350 g/mol. The minimum Gasteiger partial charge on any atom is -0.429 e. The van der Waals surface area contributed by atoms with Gasteiger partial charge in [0.15, 0.2) is 0 Å². The van der Waals surface area contributed by atoms with Crippen LogP contribution in [0.4, 0.5) is 4.79 Å². The molecular formula is C19H26O6. The quantitative estimate of drug-likeness (QED) is 0.432. The second-order valence-corrected chi connectivity index (χ2v) is 6.97. The Balaban J connectivity index is 1.74. The highest BCUT2D eigenvalue weighted by molar-refractivity contribution is 5.88. The first kappa shape index (κ1) is 19.2. The largest absolute Gasteiger partial charge is 0.543 e. The lowest BCUT2D eigenvalue weighted by Gasteiger charge is -2.32. The van der Waals surface area contributed by atoms with Gasteiger partial charge >= 0.3 is 12.1 Å². The van der Waals surface area contributed by atoms with E-state index < -0.39 is 12.1 Å². The summed E-state index contributed by atoms with van der Waals surface area (Å²) in [5.74, 6) is 0.356. The van der Waals surface area contributed by atoms with Gasteiger partial charge in [-0.1, -0.05) is 46.2 Å². The van der Waals surface area contributed by atoms with E-state index in [0.29, 0.717) is 17.4 Å². The maximum absolute atomic E-state index is 11.8. The predicted molar refractivity (Wildman–Crippen MR) is 90.6 cm³/mol. The number of carbonyl (C=O) groups is 2. The van der Waals surface area contributed by atoms with Crippen LogP contribution in [-0.4, -0.2) is 18.2 Å². The number of rotatable bonds is 5. The van der Waals surface area contributed by atoms with Gasteiger partial charge in [0, 0.05) is 0 Å². The zero-order valence-electron chi connectivity index (χ0n) is 15.2. The smallest absolute Gasteiger partial charge is 0.429 e. The summed E-state index contributed by atoms with van der Waals surface area (Å²) in [7, 11) is 0. The van der Waals surface area contributed by atoms with Crippen molar-refractivity contribution in [3.05, 3.63) is 35.4 Å². The van der Waals surface area contributed by atoms with E-state index in [1.807, 2.05) is 19.1 Å². The van der Waals surface area contributed by atoms with Crippen LogP contribution in [0.1, 0.15) is 68.8 Å². The molecule has 1 fully saturated rings. The summed E-state index contributed by atoms with van der Waals surface area (Å²) in [6.07, 6.45) is 1.71. The maximum atomic E-state index is 11.8. The van der Waals surface area contributed by atoms with E-state index in [4.69, 9.17) is 4.74 Å².